The van der Waals surface area contributed by atoms with Gasteiger partial charge < -0.3 is 14.8 Å². The van der Waals surface area contributed by atoms with E-state index in [-0.39, 0.29) is 0 Å². The number of anilines is 1. The Morgan fingerprint density at radius 2 is 2.43 bits per heavy atom. The second kappa shape index (κ2) is 3.57. The maximum atomic E-state index is 8.39. The molecule has 1 heterocycles. The third-order valence-corrected chi connectivity index (χ3v) is 2.29. The fraction of sp³-hybridized carbons (Fsp3) is 0.300. The Bertz CT molecular complexity index is 363. The number of likely N-dealkylation sites (N-methyl/N-ethyl adjacent to an activating group) is 1. The average molecular weight is 192 g/mol. The van der Waals surface area contributed by atoms with Crippen molar-refractivity contribution in [2.75, 3.05) is 25.1 Å². The summed E-state index contributed by atoms with van der Waals surface area (Å²) in [6.45, 7) is 1.60. The molecule has 0 unspecified atom stereocenters. The van der Waals surface area contributed by atoms with Crippen LogP contribution in [0.2, 0.25) is 0 Å². The smallest absolute Gasteiger partial charge is 0.143 e. The van der Waals surface area contributed by atoms with Gasteiger partial charge >= 0.3 is 0 Å². The van der Waals surface area contributed by atoms with Crippen LogP contribution in [-0.2, 0) is 0 Å². The van der Waals surface area contributed by atoms with Crippen molar-refractivity contribution >= 4 is 11.9 Å². The summed E-state index contributed by atoms with van der Waals surface area (Å²) >= 11 is 0. The molecule has 0 spiro atoms. The minimum absolute atomic E-state index is 0.698. The summed E-state index contributed by atoms with van der Waals surface area (Å²) in [5.41, 5.74) is 1.91. The Balaban J connectivity index is 2.38. The number of oxime groups is 1. The lowest BCUT2D eigenvalue weighted by Gasteiger charge is -2.27. The van der Waals surface area contributed by atoms with Crippen molar-refractivity contribution < 1.29 is 9.94 Å². The lowest BCUT2D eigenvalue weighted by atomic mass is 10.1. The molecule has 1 aliphatic rings. The van der Waals surface area contributed by atoms with Crippen LogP contribution in [0.15, 0.2) is 23.4 Å². The van der Waals surface area contributed by atoms with Crippen LogP contribution in [0.25, 0.3) is 0 Å². The second-order valence-corrected chi connectivity index (χ2v) is 3.24. The van der Waals surface area contributed by atoms with Crippen LogP contribution in [-0.4, -0.2) is 31.6 Å². The molecule has 14 heavy (non-hydrogen) atoms. The summed E-state index contributed by atoms with van der Waals surface area (Å²) < 4.78 is 5.50. The van der Waals surface area contributed by atoms with Crippen LogP contribution in [0.1, 0.15) is 5.56 Å². The van der Waals surface area contributed by atoms with Gasteiger partial charge in [0.25, 0.3) is 0 Å². The van der Waals surface area contributed by atoms with E-state index in [1.54, 1.807) is 0 Å². The zero-order chi connectivity index (χ0) is 9.97. The molecule has 1 aromatic rings. The molecule has 0 aromatic heterocycles. The van der Waals surface area contributed by atoms with E-state index in [2.05, 4.69) is 10.1 Å². The monoisotopic (exact) mass is 192 g/mol. The summed E-state index contributed by atoms with van der Waals surface area (Å²) in [5.74, 6) is 0.844. The zero-order valence-corrected chi connectivity index (χ0v) is 7.97. The predicted octanol–water partition coefficient (Wildman–Crippen LogP) is 1.32. The molecule has 74 valence electrons. The fourth-order valence-electron chi connectivity index (χ4n) is 1.52. The maximum Gasteiger partial charge on any atom is 0.143 e. The Kier molecular flexibility index (Phi) is 2.26. The number of hydrogen-bond donors (Lipinski definition) is 1. The van der Waals surface area contributed by atoms with Gasteiger partial charge in [0.1, 0.15) is 12.4 Å². The molecular formula is C10H12N2O2. The Labute approximate surface area is 82.4 Å². The first-order chi connectivity index (χ1) is 6.81. The minimum atomic E-state index is 0.698. The highest BCUT2D eigenvalue weighted by atomic mass is 16.5. The van der Waals surface area contributed by atoms with E-state index >= 15 is 0 Å². The number of ether oxygens (including phenoxy) is 1. The van der Waals surface area contributed by atoms with Crippen molar-refractivity contribution in [3.63, 3.8) is 0 Å². The lowest BCUT2D eigenvalue weighted by molar-refractivity contribution is 0.311. The molecule has 0 aliphatic carbocycles. The molecule has 4 nitrogen and oxygen atoms in total. The van der Waals surface area contributed by atoms with Gasteiger partial charge in [-0.3, -0.25) is 0 Å². The van der Waals surface area contributed by atoms with Crippen molar-refractivity contribution in [1.82, 2.24) is 0 Å². The average Bonchev–Trinajstić information content (AvgIpc) is 2.18. The molecule has 0 saturated carbocycles. The number of fused-ring (bicyclic) bond motifs is 1. The van der Waals surface area contributed by atoms with Crippen molar-refractivity contribution in [3.8, 4) is 5.75 Å². The molecule has 1 N–H and O–H groups in total. The van der Waals surface area contributed by atoms with Gasteiger partial charge in [0.05, 0.1) is 18.4 Å². The van der Waals surface area contributed by atoms with Gasteiger partial charge in [0.15, 0.2) is 0 Å². The Morgan fingerprint density at radius 3 is 3.21 bits per heavy atom. The standard InChI is InChI=1S/C10H12N2O2/c1-12-4-5-14-10-6-8(7-11-13)2-3-9(10)12/h2-3,6-7,13H,4-5H2,1H3/b11-7+. The van der Waals surface area contributed by atoms with Crippen LogP contribution in [0.3, 0.4) is 0 Å². The summed E-state index contributed by atoms with van der Waals surface area (Å²) in [7, 11) is 2.03. The maximum absolute atomic E-state index is 8.39. The van der Waals surface area contributed by atoms with Crippen LogP contribution < -0.4 is 9.64 Å². The summed E-state index contributed by atoms with van der Waals surface area (Å²) in [5, 5.41) is 11.4. The van der Waals surface area contributed by atoms with Crippen LogP contribution in [0.5, 0.6) is 5.75 Å². The Morgan fingerprint density at radius 1 is 1.57 bits per heavy atom. The van der Waals surface area contributed by atoms with Gasteiger partial charge in [0, 0.05) is 7.05 Å². The highest BCUT2D eigenvalue weighted by Gasteiger charge is 2.14. The van der Waals surface area contributed by atoms with Gasteiger partial charge in [-0.2, -0.15) is 0 Å². The number of hydrogen-bond acceptors (Lipinski definition) is 4. The van der Waals surface area contributed by atoms with E-state index in [1.165, 1.54) is 6.21 Å². The van der Waals surface area contributed by atoms with Gasteiger partial charge in [-0.25, -0.2) is 0 Å². The fourth-order valence-corrected chi connectivity index (χ4v) is 1.52. The van der Waals surface area contributed by atoms with Crippen LogP contribution in [0.4, 0.5) is 5.69 Å². The summed E-state index contributed by atoms with van der Waals surface area (Å²) in [6, 6.07) is 5.72. The van der Waals surface area contributed by atoms with Crippen molar-refractivity contribution in [3.05, 3.63) is 23.8 Å². The number of rotatable bonds is 1. The molecule has 0 fully saturated rings. The molecule has 4 heteroatoms. The van der Waals surface area contributed by atoms with E-state index < -0.39 is 0 Å². The molecule has 1 aromatic carbocycles. The van der Waals surface area contributed by atoms with E-state index in [0.717, 1.165) is 23.5 Å². The molecule has 0 amide bonds. The van der Waals surface area contributed by atoms with Crippen molar-refractivity contribution in [2.45, 2.75) is 0 Å². The van der Waals surface area contributed by atoms with Gasteiger partial charge in [-0.1, -0.05) is 11.2 Å². The highest BCUT2D eigenvalue weighted by molar-refractivity contribution is 5.81. The van der Waals surface area contributed by atoms with Crippen LogP contribution in [0, 0.1) is 0 Å². The Hall–Kier alpha value is -1.71. The van der Waals surface area contributed by atoms with Crippen LogP contribution >= 0.6 is 0 Å². The first-order valence-corrected chi connectivity index (χ1v) is 4.46. The van der Waals surface area contributed by atoms with E-state index in [4.69, 9.17) is 9.94 Å². The van der Waals surface area contributed by atoms with E-state index in [9.17, 15) is 0 Å². The molecule has 1 aliphatic heterocycles. The summed E-state index contributed by atoms with van der Waals surface area (Å²) in [4.78, 5) is 2.14. The van der Waals surface area contributed by atoms with E-state index in [0.29, 0.717) is 6.61 Å². The number of nitrogens with zero attached hydrogens (tertiary/aromatic N) is 2. The zero-order valence-electron chi connectivity index (χ0n) is 7.97. The van der Waals surface area contributed by atoms with Gasteiger partial charge in [-0.15, -0.1) is 0 Å². The molecule has 0 radical (unpaired) electrons. The summed E-state index contributed by atoms with van der Waals surface area (Å²) in [6.07, 6.45) is 1.39. The molecule has 2 rings (SSSR count). The van der Waals surface area contributed by atoms with Crippen molar-refractivity contribution in [2.24, 2.45) is 5.16 Å². The van der Waals surface area contributed by atoms with E-state index in [1.807, 2.05) is 25.2 Å². The molecule has 0 atom stereocenters. The van der Waals surface area contributed by atoms with Gasteiger partial charge in [-0.05, 0) is 17.7 Å². The second-order valence-electron chi connectivity index (χ2n) is 3.24. The number of benzene rings is 1. The molecule has 0 bridgehead atoms. The van der Waals surface area contributed by atoms with Crippen molar-refractivity contribution in [1.29, 1.82) is 0 Å². The highest BCUT2D eigenvalue weighted by Crippen LogP contribution is 2.30. The third kappa shape index (κ3) is 1.51. The first-order valence-electron chi connectivity index (χ1n) is 4.46. The largest absolute Gasteiger partial charge is 0.490 e. The first kappa shape index (κ1) is 8.87. The minimum Gasteiger partial charge on any atom is -0.490 e. The SMILES string of the molecule is CN1CCOc2cc(/C=N/O)ccc21. The normalized spacial score (nSPS) is 15.4. The molecule has 0 saturated heterocycles. The predicted molar refractivity (Wildman–Crippen MR) is 54.6 cm³/mol. The van der Waals surface area contributed by atoms with Gasteiger partial charge in [0.2, 0.25) is 0 Å². The lowest BCUT2D eigenvalue weighted by Crippen LogP contribution is -2.28. The third-order valence-electron chi connectivity index (χ3n) is 2.29. The topological polar surface area (TPSA) is 45.1 Å². The quantitative estimate of drug-likeness (QED) is 0.414. The molecular weight excluding hydrogens is 180 g/mol.